The minimum atomic E-state index is -3.01. The Labute approximate surface area is 139 Å². The monoisotopic (exact) mass is 328 g/mol. The summed E-state index contributed by atoms with van der Waals surface area (Å²) in [6.45, 7) is 3.90. The number of ether oxygens (including phenoxy) is 1. The lowest BCUT2D eigenvalue weighted by molar-refractivity contribution is 0.104. The fraction of sp³-hybridized carbons (Fsp3) is 0.0556. The molecule has 0 unspecified atom stereocenters. The molecule has 0 aromatic heterocycles. The van der Waals surface area contributed by atoms with Gasteiger partial charge in [0, 0.05) is 17.2 Å². The fourth-order valence-electron chi connectivity index (χ4n) is 1.96. The van der Waals surface area contributed by atoms with E-state index in [1.807, 2.05) is 0 Å². The van der Waals surface area contributed by atoms with Gasteiger partial charge in [0.1, 0.15) is 18.1 Å². The fourth-order valence-corrected chi connectivity index (χ4v) is 1.96. The standard InChI is InChI=1S/C18H15BF2O3/c1-2-12-23-16-10-8-14(9-11-16)17(22)13-18(24-19(20)21)15-6-4-3-5-7-15/h2-11,13H,1,12H2/b18-13-. The highest BCUT2D eigenvalue weighted by atomic mass is 19.2. The number of ketones is 1. The molecule has 24 heavy (non-hydrogen) atoms. The molecular formula is C18H15BF2O3. The first-order valence-electron chi connectivity index (χ1n) is 7.20. The summed E-state index contributed by atoms with van der Waals surface area (Å²) >= 11 is 0. The summed E-state index contributed by atoms with van der Waals surface area (Å²) in [5.41, 5.74) is 0.740. The van der Waals surface area contributed by atoms with Gasteiger partial charge in [0.05, 0.1) is 0 Å². The van der Waals surface area contributed by atoms with Gasteiger partial charge in [-0.15, -0.1) is 0 Å². The lowest BCUT2D eigenvalue weighted by Gasteiger charge is -2.08. The van der Waals surface area contributed by atoms with Gasteiger partial charge >= 0.3 is 7.47 Å². The van der Waals surface area contributed by atoms with Crippen LogP contribution in [-0.2, 0) is 4.65 Å². The minimum Gasteiger partial charge on any atom is -0.505 e. The molecule has 6 heteroatoms. The lowest BCUT2D eigenvalue weighted by Crippen LogP contribution is -2.06. The van der Waals surface area contributed by atoms with Crippen molar-refractivity contribution in [3.05, 3.63) is 84.5 Å². The van der Waals surface area contributed by atoms with Crippen LogP contribution in [-0.4, -0.2) is 19.9 Å². The van der Waals surface area contributed by atoms with Gasteiger partial charge in [0.2, 0.25) is 0 Å². The molecule has 0 heterocycles. The van der Waals surface area contributed by atoms with E-state index in [1.165, 1.54) is 0 Å². The molecule has 0 aliphatic heterocycles. The van der Waals surface area contributed by atoms with Crippen molar-refractivity contribution in [1.29, 1.82) is 0 Å². The second-order valence-corrected chi connectivity index (χ2v) is 4.74. The molecule has 3 nitrogen and oxygen atoms in total. The maximum Gasteiger partial charge on any atom is 0.796 e. The zero-order valence-electron chi connectivity index (χ0n) is 12.8. The molecule has 0 fully saturated rings. The molecule has 122 valence electrons. The summed E-state index contributed by atoms with van der Waals surface area (Å²) in [6.07, 6.45) is 2.66. The van der Waals surface area contributed by atoms with Crippen LogP contribution in [0.3, 0.4) is 0 Å². The molecule has 0 saturated heterocycles. The third-order valence-corrected chi connectivity index (χ3v) is 3.04. The summed E-state index contributed by atoms with van der Waals surface area (Å²) in [6, 6.07) is 14.6. The Morgan fingerprint density at radius 1 is 1.04 bits per heavy atom. The van der Waals surface area contributed by atoms with Gasteiger partial charge in [-0.05, 0) is 24.3 Å². The molecule has 2 aromatic rings. The Balaban J connectivity index is 2.21. The number of hydrogen-bond donors (Lipinski definition) is 0. The van der Waals surface area contributed by atoms with Crippen molar-refractivity contribution in [2.24, 2.45) is 0 Å². The van der Waals surface area contributed by atoms with E-state index in [0.29, 0.717) is 23.5 Å². The zero-order chi connectivity index (χ0) is 17.4. The second-order valence-electron chi connectivity index (χ2n) is 4.74. The maximum atomic E-state index is 12.6. The maximum absolute atomic E-state index is 12.6. The van der Waals surface area contributed by atoms with Crippen molar-refractivity contribution < 1.29 is 22.8 Å². The van der Waals surface area contributed by atoms with Crippen LogP contribution in [0.15, 0.2) is 73.3 Å². The molecule has 0 saturated carbocycles. The number of benzene rings is 2. The van der Waals surface area contributed by atoms with E-state index in [9.17, 15) is 13.4 Å². The van der Waals surface area contributed by atoms with Crippen molar-refractivity contribution >= 4 is 19.0 Å². The van der Waals surface area contributed by atoms with Crippen LogP contribution >= 0.6 is 0 Å². The Kier molecular flexibility index (Phi) is 6.31. The van der Waals surface area contributed by atoms with Gasteiger partial charge in [-0.1, -0.05) is 43.0 Å². The van der Waals surface area contributed by atoms with Crippen LogP contribution < -0.4 is 4.74 Å². The molecule has 2 rings (SSSR count). The number of allylic oxidation sites excluding steroid dienone is 1. The molecule has 0 radical (unpaired) electrons. The summed E-state index contributed by atoms with van der Waals surface area (Å²) in [5, 5.41) is 0. The first kappa shape index (κ1) is 17.5. The number of rotatable bonds is 8. The van der Waals surface area contributed by atoms with E-state index in [-0.39, 0.29) is 5.76 Å². The normalized spacial score (nSPS) is 10.8. The van der Waals surface area contributed by atoms with Gasteiger partial charge in [-0.25, -0.2) is 8.63 Å². The zero-order valence-corrected chi connectivity index (χ0v) is 12.8. The third-order valence-electron chi connectivity index (χ3n) is 3.04. The molecule has 0 spiro atoms. The van der Waals surface area contributed by atoms with Gasteiger partial charge in [0.15, 0.2) is 5.78 Å². The van der Waals surface area contributed by atoms with E-state index in [0.717, 1.165) is 6.08 Å². The van der Waals surface area contributed by atoms with Crippen LogP contribution in [0.4, 0.5) is 8.63 Å². The minimum absolute atomic E-state index is 0.178. The van der Waals surface area contributed by atoms with Gasteiger partial charge < -0.3 is 9.39 Å². The van der Waals surface area contributed by atoms with Gasteiger partial charge in [0.25, 0.3) is 0 Å². The van der Waals surface area contributed by atoms with Crippen molar-refractivity contribution in [2.45, 2.75) is 0 Å². The summed E-state index contributed by atoms with van der Waals surface area (Å²) in [7, 11) is -3.01. The van der Waals surface area contributed by atoms with Crippen LogP contribution in [0, 0.1) is 0 Å². The quantitative estimate of drug-likeness (QED) is 0.237. The van der Waals surface area contributed by atoms with E-state index < -0.39 is 13.3 Å². The van der Waals surface area contributed by atoms with Gasteiger partial charge in [-0.3, -0.25) is 4.79 Å². The topological polar surface area (TPSA) is 35.5 Å². The van der Waals surface area contributed by atoms with Gasteiger partial charge in [-0.2, -0.15) is 0 Å². The van der Waals surface area contributed by atoms with Crippen molar-refractivity contribution in [1.82, 2.24) is 0 Å². The van der Waals surface area contributed by atoms with Crippen molar-refractivity contribution in [3.8, 4) is 5.75 Å². The summed E-state index contributed by atoms with van der Waals surface area (Å²) in [4.78, 5) is 12.3. The van der Waals surface area contributed by atoms with E-state index >= 15 is 0 Å². The number of hydrogen-bond acceptors (Lipinski definition) is 3. The van der Waals surface area contributed by atoms with E-state index in [1.54, 1.807) is 60.7 Å². The molecule has 0 aliphatic rings. The molecule has 0 N–H and O–H groups in total. The summed E-state index contributed by atoms with van der Waals surface area (Å²) in [5.74, 6) is -0.0325. The molecule has 0 bridgehead atoms. The Morgan fingerprint density at radius 3 is 2.29 bits per heavy atom. The smallest absolute Gasteiger partial charge is 0.505 e. The van der Waals surface area contributed by atoms with E-state index in [2.05, 4.69) is 11.2 Å². The Hall–Kier alpha value is -2.89. The highest BCUT2D eigenvalue weighted by molar-refractivity contribution is 6.36. The molecule has 0 aliphatic carbocycles. The lowest BCUT2D eigenvalue weighted by atomic mass is 10.1. The van der Waals surface area contributed by atoms with Crippen molar-refractivity contribution in [3.63, 3.8) is 0 Å². The van der Waals surface area contributed by atoms with Crippen LogP contribution in [0.1, 0.15) is 15.9 Å². The molecular weight excluding hydrogens is 313 g/mol. The molecule has 0 amide bonds. The SMILES string of the molecule is C=CCOc1ccc(C(=O)/C=C(\OB(F)F)c2ccccc2)cc1. The third kappa shape index (κ3) is 5.09. The van der Waals surface area contributed by atoms with Crippen LogP contribution in [0.25, 0.3) is 5.76 Å². The summed E-state index contributed by atoms with van der Waals surface area (Å²) < 4.78 is 35.0. The molecule has 0 atom stereocenters. The second kappa shape index (κ2) is 8.67. The largest absolute Gasteiger partial charge is 0.796 e. The average Bonchev–Trinajstić information content (AvgIpc) is 2.60. The predicted octanol–water partition coefficient (Wildman–Crippen LogP) is 4.42. The Bertz CT molecular complexity index is 713. The number of halogens is 2. The highest BCUT2D eigenvalue weighted by Crippen LogP contribution is 2.20. The van der Waals surface area contributed by atoms with E-state index in [4.69, 9.17) is 4.74 Å². The van der Waals surface area contributed by atoms with Crippen molar-refractivity contribution in [2.75, 3.05) is 6.61 Å². The highest BCUT2D eigenvalue weighted by Gasteiger charge is 2.21. The van der Waals surface area contributed by atoms with Crippen LogP contribution in [0.5, 0.6) is 5.75 Å². The number of carbonyl (C=O) groups excluding carboxylic acids is 1. The first-order valence-corrected chi connectivity index (χ1v) is 7.20. The number of carbonyl (C=O) groups is 1. The first-order chi connectivity index (χ1) is 11.6. The predicted molar refractivity (Wildman–Crippen MR) is 89.9 cm³/mol. The average molecular weight is 328 g/mol. The Morgan fingerprint density at radius 2 is 1.71 bits per heavy atom. The molecule has 2 aromatic carbocycles. The van der Waals surface area contributed by atoms with Crippen LogP contribution in [0.2, 0.25) is 0 Å².